The van der Waals surface area contributed by atoms with Crippen LogP contribution in [-0.2, 0) is 24.1 Å². The molecule has 1 aromatic carbocycles. The first kappa shape index (κ1) is 17.0. The summed E-state index contributed by atoms with van der Waals surface area (Å²) in [7, 11) is -4.54. The highest BCUT2D eigenvalue weighted by molar-refractivity contribution is 7.80. The van der Waals surface area contributed by atoms with Gasteiger partial charge in [0.05, 0.1) is 5.02 Å². The second kappa shape index (κ2) is 7.65. The third-order valence-electron chi connectivity index (χ3n) is 1.82. The molecule has 1 aromatic rings. The van der Waals surface area contributed by atoms with Gasteiger partial charge in [-0.25, -0.2) is 8.98 Å². The lowest BCUT2D eigenvalue weighted by molar-refractivity contribution is -0.146. The molecule has 0 aliphatic carbocycles. The van der Waals surface area contributed by atoms with Crippen molar-refractivity contribution in [3.63, 3.8) is 0 Å². The SMILES string of the molecule is O=C(COc1ccc(Cl)cc1Cl)OCCOS(=O)(=O)O. The minimum atomic E-state index is -4.54. The Hall–Kier alpha value is -1.06. The van der Waals surface area contributed by atoms with Crippen LogP contribution in [0, 0.1) is 0 Å². The zero-order valence-corrected chi connectivity index (χ0v) is 12.2. The second-order valence-electron chi connectivity index (χ2n) is 3.33. The Morgan fingerprint density at radius 3 is 2.55 bits per heavy atom. The molecule has 7 nitrogen and oxygen atoms in total. The summed E-state index contributed by atoms with van der Waals surface area (Å²) in [5.41, 5.74) is 0. The fourth-order valence-electron chi connectivity index (χ4n) is 1.07. The molecule has 20 heavy (non-hydrogen) atoms. The van der Waals surface area contributed by atoms with E-state index in [0.29, 0.717) is 5.02 Å². The average molecular weight is 345 g/mol. The molecule has 0 aromatic heterocycles. The lowest BCUT2D eigenvalue weighted by Gasteiger charge is -2.08. The second-order valence-corrected chi connectivity index (χ2v) is 5.27. The summed E-state index contributed by atoms with van der Waals surface area (Å²) < 4.78 is 42.3. The number of carbonyl (C=O) groups is 1. The monoisotopic (exact) mass is 344 g/mol. The van der Waals surface area contributed by atoms with E-state index in [2.05, 4.69) is 8.92 Å². The highest BCUT2D eigenvalue weighted by atomic mass is 35.5. The number of hydrogen-bond donors (Lipinski definition) is 1. The Labute approximate surface area is 125 Å². The van der Waals surface area contributed by atoms with E-state index < -0.39 is 29.6 Å². The van der Waals surface area contributed by atoms with E-state index in [1.807, 2.05) is 0 Å². The summed E-state index contributed by atoms with van der Waals surface area (Å²) in [6.07, 6.45) is 0. The molecule has 0 atom stereocenters. The normalized spacial score (nSPS) is 11.2. The van der Waals surface area contributed by atoms with E-state index in [9.17, 15) is 13.2 Å². The summed E-state index contributed by atoms with van der Waals surface area (Å²) >= 11 is 11.5. The number of benzene rings is 1. The van der Waals surface area contributed by atoms with Gasteiger partial charge >= 0.3 is 16.4 Å². The maximum Gasteiger partial charge on any atom is 0.397 e. The van der Waals surface area contributed by atoms with Gasteiger partial charge in [-0.2, -0.15) is 8.42 Å². The Balaban J connectivity index is 2.29. The van der Waals surface area contributed by atoms with Gasteiger partial charge in [0.1, 0.15) is 19.0 Å². The van der Waals surface area contributed by atoms with E-state index in [1.54, 1.807) is 0 Å². The Morgan fingerprint density at radius 1 is 1.25 bits per heavy atom. The van der Waals surface area contributed by atoms with Crippen molar-refractivity contribution in [1.29, 1.82) is 0 Å². The van der Waals surface area contributed by atoms with E-state index in [1.165, 1.54) is 18.2 Å². The first-order chi connectivity index (χ1) is 9.28. The van der Waals surface area contributed by atoms with Crippen molar-refractivity contribution in [3.8, 4) is 5.75 Å². The molecule has 1 rings (SSSR count). The predicted molar refractivity (Wildman–Crippen MR) is 70.4 cm³/mol. The topological polar surface area (TPSA) is 99.1 Å². The van der Waals surface area contributed by atoms with Crippen LogP contribution in [0.1, 0.15) is 0 Å². The zero-order chi connectivity index (χ0) is 15.2. The van der Waals surface area contributed by atoms with Crippen LogP contribution < -0.4 is 4.74 Å². The maximum absolute atomic E-state index is 11.2. The van der Waals surface area contributed by atoms with Crippen molar-refractivity contribution in [1.82, 2.24) is 0 Å². The first-order valence-electron chi connectivity index (χ1n) is 5.13. The summed E-state index contributed by atoms with van der Waals surface area (Å²) in [6.45, 7) is -1.27. The van der Waals surface area contributed by atoms with Gasteiger partial charge in [-0.1, -0.05) is 23.2 Å². The molecule has 0 radical (unpaired) electrons. The fourth-order valence-corrected chi connectivity index (χ4v) is 1.81. The Bertz CT molecular complexity index is 573. The van der Waals surface area contributed by atoms with Gasteiger partial charge < -0.3 is 9.47 Å². The van der Waals surface area contributed by atoms with Crippen molar-refractivity contribution in [2.45, 2.75) is 0 Å². The van der Waals surface area contributed by atoms with Gasteiger partial charge in [-0.05, 0) is 18.2 Å². The molecule has 0 fully saturated rings. The molecule has 0 heterocycles. The molecule has 0 saturated carbocycles. The van der Waals surface area contributed by atoms with E-state index >= 15 is 0 Å². The van der Waals surface area contributed by atoms with Gasteiger partial charge in [0.15, 0.2) is 6.61 Å². The highest BCUT2D eigenvalue weighted by Gasteiger charge is 2.09. The number of carbonyl (C=O) groups excluding carboxylic acids is 1. The first-order valence-corrected chi connectivity index (χ1v) is 7.25. The lowest BCUT2D eigenvalue weighted by atomic mass is 10.3. The quantitative estimate of drug-likeness (QED) is 0.456. The van der Waals surface area contributed by atoms with Crippen LogP contribution in [-0.4, -0.2) is 38.8 Å². The Kier molecular flexibility index (Phi) is 6.50. The van der Waals surface area contributed by atoms with E-state index in [4.69, 9.17) is 32.5 Å². The maximum atomic E-state index is 11.2. The Morgan fingerprint density at radius 2 is 1.95 bits per heavy atom. The number of ether oxygens (including phenoxy) is 2. The predicted octanol–water partition coefficient (Wildman–Crippen LogP) is 1.73. The van der Waals surface area contributed by atoms with E-state index in [-0.39, 0.29) is 17.4 Å². The molecular formula is C10H10Cl2O7S. The minimum Gasteiger partial charge on any atom is -0.480 e. The molecule has 0 unspecified atom stereocenters. The number of hydrogen-bond acceptors (Lipinski definition) is 6. The van der Waals surface area contributed by atoms with Crippen LogP contribution in [0.5, 0.6) is 5.75 Å². The van der Waals surface area contributed by atoms with Gasteiger partial charge in [0.25, 0.3) is 0 Å². The van der Waals surface area contributed by atoms with E-state index in [0.717, 1.165) is 0 Å². The van der Waals surface area contributed by atoms with Crippen LogP contribution in [0.3, 0.4) is 0 Å². The van der Waals surface area contributed by atoms with Crippen LogP contribution >= 0.6 is 23.2 Å². The fraction of sp³-hybridized carbons (Fsp3) is 0.300. The number of esters is 1. The standard InChI is InChI=1S/C10H10Cl2O7S/c11-7-1-2-9(8(12)5-7)18-6-10(13)17-3-4-19-20(14,15)16/h1-2,5H,3-4,6H2,(H,14,15,16). The van der Waals surface area contributed by atoms with Crippen molar-refractivity contribution < 1.29 is 31.4 Å². The van der Waals surface area contributed by atoms with Crippen molar-refractivity contribution >= 4 is 39.6 Å². The van der Waals surface area contributed by atoms with Crippen molar-refractivity contribution in [2.75, 3.05) is 19.8 Å². The summed E-state index contributed by atoms with van der Waals surface area (Å²) in [5.74, 6) is -0.503. The van der Waals surface area contributed by atoms with Crippen molar-refractivity contribution in [3.05, 3.63) is 28.2 Å². The third-order valence-corrected chi connectivity index (χ3v) is 2.81. The largest absolute Gasteiger partial charge is 0.480 e. The molecule has 112 valence electrons. The average Bonchev–Trinajstić information content (AvgIpc) is 2.32. The minimum absolute atomic E-state index is 0.236. The molecule has 0 spiro atoms. The van der Waals surface area contributed by atoms with Crippen LogP contribution in [0.25, 0.3) is 0 Å². The van der Waals surface area contributed by atoms with Crippen molar-refractivity contribution in [2.24, 2.45) is 0 Å². The molecule has 10 heteroatoms. The van der Waals surface area contributed by atoms with Gasteiger partial charge in [-0.15, -0.1) is 0 Å². The van der Waals surface area contributed by atoms with Crippen LogP contribution in [0.4, 0.5) is 0 Å². The van der Waals surface area contributed by atoms with Gasteiger partial charge in [0, 0.05) is 5.02 Å². The molecule has 0 aliphatic heterocycles. The smallest absolute Gasteiger partial charge is 0.397 e. The van der Waals surface area contributed by atoms with Gasteiger partial charge in [0.2, 0.25) is 0 Å². The lowest BCUT2D eigenvalue weighted by Crippen LogP contribution is -2.18. The number of rotatable bonds is 7. The molecular weight excluding hydrogens is 335 g/mol. The summed E-state index contributed by atoms with van der Waals surface area (Å²) in [5, 5.41) is 0.660. The van der Waals surface area contributed by atoms with Crippen LogP contribution in [0.2, 0.25) is 10.0 Å². The van der Waals surface area contributed by atoms with Gasteiger partial charge in [-0.3, -0.25) is 4.55 Å². The third kappa shape index (κ3) is 6.92. The van der Waals surface area contributed by atoms with Crippen LogP contribution in [0.15, 0.2) is 18.2 Å². The zero-order valence-electron chi connectivity index (χ0n) is 9.91. The molecule has 0 aliphatic rings. The summed E-state index contributed by atoms with van der Waals surface area (Å²) in [6, 6.07) is 4.47. The molecule has 0 saturated heterocycles. The molecule has 0 bridgehead atoms. The number of halogens is 2. The summed E-state index contributed by atoms with van der Waals surface area (Å²) in [4.78, 5) is 11.2. The molecule has 0 amide bonds. The molecule has 1 N–H and O–H groups in total. The highest BCUT2D eigenvalue weighted by Crippen LogP contribution is 2.27.